The van der Waals surface area contributed by atoms with Crippen LogP contribution in [0.3, 0.4) is 0 Å². The quantitative estimate of drug-likeness (QED) is 0.861. The number of carbonyl (C=O) groups is 1. The summed E-state index contributed by atoms with van der Waals surface area (Å²) in [7, 11) is 2.03. The van der Waals surface area contributed by atoms with Gasteiger partial charge in [-0.25, -0.2) is 4.98 Å². The molecule has 0 spiro atoms. The summed E-state index contributed by atoms with van der Waals surface area (Å²) in [6.45, 7) is 2.51. The third-order valence-corrected chi connectivity index (χ3v) is 4.75. The predicted molar refractivity (Wildman–Crippen MR) is 101 cm³/mol. The number of fused-ring (bicyclic) bond motifs is 1. The largest absolute Gasteiger partial charge is 0.325 e. The van der Waals surface area contributed by atoms with Crippen LogP contribution in [-0.2, 0) is 4.79 Å². The molecular formula is C15H22Cl2N4OS. The molecule has 1 aromatic heterocycles. The van der Waals surface area contributed by atoms with E-state index in [1.54, 1.807) is 11.3 Å². The smallest absolute Gasteiger partial charge is 0.238 e. The summed E-state index contributed by atoms with van der Waals surface area (Å²) >= 11 is 1.61. The number of anilines is 1. The van der Waals surface area contributed by atoms with Gasteiger partial charge in [-0.05, 0) is 51.2 Å². The number of amides is 1. The average Bonchev–Trinajstić information content (AvgIpc) is 2.95. The van der Waals surface area contributed by atoms with Crippen LogP contribution in [-0.4, -0.2) is 48.5 Å². The second kappa shape index (κ2) is 9.39. The first-order chi connectivity index (χ1) is 10.2. The highest BCUT2D eigenvalue weighted by Gasteiger charge is 2.19. The van der Waals surface area contributed by atoms with Gasteiger partial charge in [0.25, 0.3) is 0 Å². The van der Waals surface area contributed by atoms with Crippen LogP contribution in [0.25, 0.3) is 10.2 Å². The van der Waals surface area contributed by atoms with Gasteiger partial charge in [0.2, 0.25) is 5.91 Å². The van der Waals surface area contributed by atoms with Crippen LogP contribution < -0.4 is 10.6 Å². The van der Waals surface area contributed by atoms with E-state index in [1.807, 2.05) is 30.8 Å². The summed E-state index contributed by atoms with van der Waals surface area (Å²) in [5.74, 6) is 0.0330. The Morgan fingerprint density at radius 3 is 2.87 bits per heavy atom. The molecule has 2 aromatic rings. The Labute approximate surface area is 152 Å². The van der Waals surface area contributed by atoms with E-state index < -0.39 is 0 Å². The SMILES string of the molecule is CN(CC(=O)Nc1ccc2scnc2c1)C1CCNCC1.Cl.Cl. The zero-order chi connectivity index (χ0) is 14.7. The first kappa shape index (κ1) is 20.1. The number of likely N-dealkylation sites (N-methyl/N-ethyl adjacent to an activating group) is 1. The Hall–Kier alpha value is -0.920. The molecule has 1 fully saturated rings. The van der Waals surface area contributed by atoms with E-state index >= 15 is 0 Å². The molecule has 8 heteroatoms. The van der Waals surface area contributed by atoms with Crippen LogP contribution in [0.5, 0.6) is 0 Å². The van der Waals surface area contributed by atoms with E-state index in [2.05, 4.69) is 20.5 Å². The summed E-state index contributed by atoms with van der Waals surface area (Å²) < 4.78 is 1.14. The van der Waals surface area contributed by atoms with Crippen LogP contribution >= 0.6 is 36.2 Å². The average molecular weight is 377 g/mol. The first-order valence-electron chi connectivity index (χ1n) is 7.26. The molecule has 0 atom stereocenters. The maximum Gasteiger partial charge on any atom is 0.238 e. The molecule has 0 bridgehead atoms. The van der Waals surface area contributed by atoms with E-state index in [0.717, 1.165) is 41.8 Å². The predicted octanol–water partition coefficient (Wildman–Crippen LogP) is 2.76. The molecule has 5 nitrogen and oxygen atoms in total. The van der Waals surface area contributed by atoms with Crippen molar-refractivity contribution in [3.05, 3.63) is 23.7 Å². The van der Waals surface area contributed by atoms with Crippen molar-refractivity contribution >= 4 is 58.0 Å². The van der Waals surface area contributed by atoms with Crippen molar-refractivity contribution in [2.45, 2.75) is 18.9 Å². The lowest BCUT2D eigenvalue weighted by Gasteiger charge is -2.31. The van der Waals surface area contributed by atoms with E-state index in [1.165, 1.54) is 0 Å². The Kier molecular flexibility index (Phi) is 8.22. The van der Waals surface area contributed by atoms with Crippen LogP contribution in [0.2, 0.25) is 0 Å². The van der Waals surface area contributed by atoms with E-state index in [0.29, 0.717) is 12.6 Å². The second-order valence-electron chi connectivity index (χ2n) is 5.48. The summed E-state index contributed by atoms with van der Waals surface area (Å²) in [5.41, 5.74) is 3.57. The number of halogens is 2. The van der Waals surface area contributed by atoms with Gasteiger partial charge in [-0.2, -0.15) is 0 Å². The number of thiazole rings is 1. The van der Waals surface area contributed by atoms with Gasteiger partial charge in [0.05, 0.1) is 22.3 Å². The topological polar surface area (TPSA) is 57.3 Å². The molecule has 3 rings (SSSR count). The molecule has 128 valence electrons. The Morgan fingerprint density at radius 1 is 1.39 bits per heavy atom. The number of carbonyl (C=O) groups excluding carboxylic acids is 1. The third-order valence-electron chi connectivity index (χ3n) is 3.94. The third kappa shape index (κ3) is 5.29. The lowest BCUT2D eigenvalue weighted by atomic mass is 10.1. The lowest BCUT2D eigenvalue weighted by Crippen LogP contribution is -2.44. The van der Waals surface area contributed by atoms with Crippen LogP contribution in [0, 0.1) is 0 Å². The fourth-order valence-corrected chi connectivity index (χ4v) is 3.40. The monoisotopic (exact) mass is 376 g/mol. The van der Waals surface area contributed by atoms with Gasteiger partial charge in [-0.15, -0.1) is 36.2 Å². The van der Waals surface area contributed by atoms with Crippen molar-refractivity contribution in [2.75, 3.05) is 32.0 Å². The molecule has 0 radical (unpaired) electrons. The highest BCUT2D eigenvalue weighted by atomic mass is 35.5. The molecule has 2 heterocycles. The standard InChI is InChI=1S/C15H20N4OS.2ClH/c1-19(12-4-6-16-7-5-12)9-15(20)18-11-2-3-14-13(8-11)17-10-21-14;;/h2-3,8,10,12,16H,4-7,9H2,1H3,(H,18,20);2*1H. The fraction of sp³-hybridized carbons (Fsp3) is 0.467. The minimum absolute atomic E-state index is 0. The first-order valence-corrected chi connectivity index (χ1v) is 8.14. The van der Waals surface area contributed by atoms with Crippen molar-refractivity contribution in [3.8, 4) is 0 Å². The molecular weight excluding hydrogens is 355 g/mol. The Bertz CT molecular complexity index is 631. The van der Waals surface area contributed by atoms with Crippen molar-refractivity contribution in [1.82, 2.24) is 15.2 Å². The van der Waals surface area contributed by atoms with Crippen molar-refractivity contribution < 1.29 is 4.79 Å². The van der Waals surface area contributed by atoms with Crippen LogP contribution in [0.15, 0.2) is 23.7 Å². The van der Waals surface area contributed by atoms with Gasteiger partial charge >= 0.3 is 0 Å². The van der Waals surface area contributed by atoms with Crippen molar-refractivity contribution in [3.63, 3.8) is 0 Å². The van der Waals surface area contributed by atoms with Gasteiger partial charge in [-0.3, -0.25) is 9.69 Å². The minimum atomic E-state index is 0. The summed E-state index contributed by atoms with van der Waals surface area (Å²) in [5, 5.41) is 6.31. The van der Waals surface area contributed by atoms with Crippen molar-refractivity contribution in [1.29, 1.82) is 0 Å². The van der Waals surface area contributed by atoms with Gasteiger partial charge in [0.15, 0.2) is 0 Å². The zero-order valence-electron chi connectivity index (χ0n) is 12.9. The molecule has 1 aromatic carbocycles. The number of hydrogen-bond donors (Lipinski definition) is 2. The van der Waals surface area contributed by atoms with Gasteiger partial charge < -0.3 is 10.6 Å². The molecule has 0 saturated carbocycles. The molecule has 0 unspecified atom stereocenters. The van der Waals surface area contributed by atoms with E-state index in [4.69, 9.17) is 0 Å². The molecule has 1 amide bonds. The summed E-state index contributed by atoms with van der Waals surface area (Å²) in [6, 6.07) is 6.36. The fourth-order valence-electron chi connectivity index (χ4n) is 2.74. The van der Waals surface area contributed by atoms with Crippen LogP contribution in [0.4, 0.5) is 5.69 Å². The summed E-state index contributed by atoms with van der Waals surface area (Å²) in [6.07, 6.45) is 2.21. The Balaban J connectivity index is 0.00000132. The molecule has 0 aliphatic carbocycles. The maximum absolute atomic E-state index is 12.2. The highest BCUT2D eigenvalue weighted by molar-refractivity contribution is 7.16. The molecule has 23 heavy (non-hydrogen) atoms. The van der Waals surface area contributed by atoms with Gasteiger partial charge in [0.1, 0.15) is 0 Å². The molecule has 1 saturated heterocycles. The zero-order valence-corrected chi connectivity index (χ0v) is 15.4. The van der Waals surface area contributed by atoms with Crippen LogP contribution in [0.1, 0.15) is 12.8 Å². The lowest BCUT2D eigenvalue weighted by molar-refractivity contribution is -0.117. The number of rotatable bonds is 4. The summed E-state index contributed by atoms with van der Waals surface area (Å²) in [4.78, 5) is 18.6. The number of aromatic nitrogens is 1. The van der Waals surface area contributed by atoms with Crippen molar-refractivity contribution in [2.24, 2.45) is 0 Å². The van der Waals surface area contributed by atoms with Gasteiger partial charge in [-0.1, -0.05) is 0 Å². The second-order valence-corrected chi connectivity index (χ2v) is 6.37. The molecule has 2 N–H and O–H groups in total. The maximum atomic E-state index is 12.2. The number of benzene rings is 1. The van der Waals surface area contributed by atoms with Gasteiger partial charge in [0, 0.05) is 11.7 Å². The molecule has 1 aliphatic heterocycles. The minimum Gasteiger partial charge on any atom is -0.325 e. The molecule has 1 aliphatic rings. The normalized spacial score (nSPS) is 15.0. The number of nitrogens with zero attached hydrogens (tertiary/aromatic N) is 2. The highest BCUT2D eigenvalue weighted by Crippen LogP contribution is 2.21. The number of nitrogens with one attached hydrogen (secondary N) is 2. The number of hydrogen-bond acceptors (Lipinski definition) is 5. The number of piperidine rings is 1. The van der Waals surface area contributed by atoms with E-state index in [9.17, 15) is 4.79 Å². The van der Waals surface area contributed by atoms with E-state index in [-0.39, 0.29) is 30.7 Å². The Morgan fingerprint density at radius 2 is 2.13 bits per heavy atom.